The number of fused-ring (bicyclic) bond motifs is 1. The fraction of sp³-hybridized carbons (Fsp3) is 0.263. The van der Waals surface area contributed by atoms with Crippen molar-refractivity contribution in [1.82, 2.24) is 4.98 Å². The Hall–Kier alpha value is -1.36. The van der Waals surface area contributed by atoms with E-state index < -0.39 is 0 Å². The van der Waals surface area contributed by atoms with Gasteiger partial charge in [0.1, 0.15) is 0 Å². The Labute approximate surface area is 155 Å². The number of nitrogens with zero attached hydrogens (tertiary/aromatic N) is 1. The summed E-state index contributed by atoms with van der Waals surface area (Å²) in [6, 6.07) is 11.9. The van der Waals surface area contributed by atoms with Crippen LogP contribution in [0.3, 0.4) is 0 Å². The summed E-state index contributed by atoms with van der Waals surface area (Å²) in [5.74, 6) is 0.581. The number of rotatable bonds is 6. The molecule has 1 aromatic heterocycles. The molecule has 0 spiro atoms. The third-order valence-corrected chi connectivity index (χ3v) is 6.34. The Morgan fingerprint density at radius 2 is 2.00 bits per heavy atom. The van der Waals surface area contributed by atoms with Gasteiger partial charge < -0.3 is 0 Å². The van der Waals surface area contributed by atoms with Crippen LogP contribution in [0.4, 0.5) is 0 Å². The summed E-state index contributed by atoms with van der Waals surface area (Å²) in [4.78, 5) is 17.2. The highest BCUT2D eigenvalue weighted by Gasteiger charge is 2.13. The van der Waals surface area contributed by atoms with Crippen molar-refractivity contribution < 1.29 is 4.79 Å². The summed E-state index contributed by atoms with van der Waals surface area (Å²) >= 11 is 9.11. The third-order valence-electron chi connectivity index (χ3n) is 3.92. The minimum atomic E-state index is 0.171. The fourth-order valence-corrected chi connectivity index (χ4v) is 4.66. The van der Waals surface area contributed by atoms with Crippen molar-refractivity contribution in [3.63, 3.8) is 0 Å². The van der Waals surface area contributed by atoms with Crippen molar-refractivity contribution in [3.8, 4) is 0 Å². The normalized spacial score (nSPS) is 11.1. The summed E-state index contributed by atoms with van der Waals surface area (Å²) in [5, 5.41) is 0.685. The molecule has 5 heteroatoms. The number of aryl methyl sites for hydroxylation is 2. The number of Topliss-reactive ketones (excluding diaryl/α,β-unsaturated/α-hetero) is 1. The standard InChI is InChI=1S/C19H18ClNOS2/c1-3-12-5-6-13(4-2)15(9-12)17(22)11-23-19-21-16-10-14(20)7-8-18(16)24-19/h5-10H,3-4,11H2,1-2H3. The largest absolute Gasteiger partial charge is 0.293 e. The zero-order valence-corrected chi connectivity index (χ0v) is 16.0. The van der Waals surface area contributed by atoms with Gasteiger partial charge in [-0.3, -0.25) is 4.79 Å². The molecule has 1 heterocycles. The van der Waals surface area contributed by atoms with Gasteiger partial charge in [0.15, 0.2) is 10.1 Å². The number of carbonyl (C=O) groups excluding carboxylic acids is 1. The molecule has 0 aliphatic heterocycles. The van der Waals surface area contributed by atoms with Crippen LogP contribution in [0.5, 0.6) is 0 Å². The number of aromatic nitrogens is 1. The summed E-state index contributed by atoms with van der Waals surface area (Å²) in [7, 11) is 0. The number of hydrogen-bond acceptors (Lipinski definition) is 4. The van der Waals surface area contributed by atoms with Crippen molar-refractivity contribution in [1.29, 1.82) is 0 Å². The molecule has 0 saturated heterocycles. The van der Waals surface area contributed by atoms with E-state index in [4.69, 9.17) is 11.6 Å². The van der Waals surface area contributed by atoms with Crippen molar-refractivity contribution in [2.45, 2.75) is 31.0 Å². The molecule has 0 N–H and O–H groups in total. The van der Waals surface area contributed by atoms with Crippen LogP contribution in [-0.4, -0.2) is 16.5 Å². The van der Waals surface area contributed by atoms with Crippen LogP contribution in [0.15, 0.2) is 40.7 Å². The topological polar surface area (TPSA) is 30.0 Å². The average Bonchev–Trinajstić information content (AvgIpc) is 3.01. The molecule has 2 aromatic carbocycles. The van der Waals surface area contributed by atoms with Crippen molar-refractivity contribution in [2.75, 3.05) is 5.75 Å². The Balaban J connectivity index is 1.77. The molecular weight excluding hydrogens is 358 g/mol. The van der Waals surface area contributed by atoms with Crippen LogP contribution in [0.1, 0.15) is 35.3 Å². The summed E-state index contributed by atoms with van der Waals surface area (Å²) in [5.41, 5.74) is 4.07. The molecular formula is C19H18ClNOS2. The number of thiazole rings is 1. The highest BCUT2D eigenvalue weighted by atomic mass is 35.5. The first kappa shape index (κ1) is 17.5. The molecule has 0 bridgehead atoms. The molecule has 0 saturated carbocycles. The van der Waals surface area contributed by atoms with Gasteiger partial charge >= 0.3 is 0 Å². The van der Waals surface area contributed by atoms with Crippen LogP contribution in [-0.2, 0) is 12.8 Å². The molecule has 0 aliphatic carbocycles. The Morgan fingerprint density at radius 3 is 2.75 bits per heavy atom. The molecule has 0 amide bonds. The maximum absolute atomic E-state index is 12.7. The number of ketones is 1. The fourth-order valence-electron chi connectivity index (χ4n) is 2.56. The molecule has 24 heavy (non-hydrogen) atoms. The van der Waals surface area contributed by atoms with Crippen molar-refractivity contribution in [3.05, 3.63) is 58.1 Å². The van der Waals surface area contributed by atoms with Gasteiger partial charge in [0.05, 0.1) is 16.0 Å². The van der Waals surface area contributed by atoms with E-state index in [9.17, 15) is 4.79 Å². The maximum Gasteiger partial charge on any atom is 0.173 e. The lowest BCUT2D eigenvalue weighted by Crippen LogP contribution is -2.07. The second-order valence-corrected chi connectivity index (χ2v) is 8.19. The lowest BCUT2D eigenvalue weighted by atomic mass is 9.98. The van der Waals surface area contributed by atoms with Crippen molar-refractivity contribution in [2.24, 2.45) is 0 Å². The Bertz CT molecular complexity index is 888. The molecule has 0 fully saturated rings. The van der Waals surface area contributed by atoms with Gasteiger partial charge in [-0.05, 0) is 48.2 Å². The molecule has 124 valence electrons. The van der Waals surface area contributed by atoms with E-state index in [1.54, 1.807) is 11.3 Å². The molecule has 3 aromatic rings. The number of carbonyl (C=O) groups is 1. The van der Waals surface area contributed by atoms with E-state index in [0.29, 0.717) is 10.8 Å². The monoisotopic (exact) mass is 375 g/mol. The molecule has 2 nitrogen and oxygen atoms in total. The van der Waals surface area contributed by atoms with Gasteiger partial charge in [-0.15, -0.1) is 11.3 Å². The van der Waals surface area contributed by atoms with Crippen LogP contribution in [0, 0.1) is 0 Å². The number of thioether (sulfide) groups is 1. The van der Waals surface area contributed by atoms with Crippen LogP contribution in [0.25, 0.3) is 10.2 Å². The lowest BCUT2D eigenvalue weighted by molar-refractivity contribution is 0.102. The second-order valence-electron chi connectivity index (χ2n) is 5.50. The predicted molar refractivity (Wildman–Crippen MR) is 105 cm³/mol. The predicted octanol–water partition coefficient (Wildman–Crippen LogP) is 6.05. The van der Waals surface area contributed by atoms with E-state index >= 15 is 0 Å². The Kier molecular flexibility index (Phi) is 5.59. The molecule has 0 atom stereocenters. The Morgan fingerprint density at radius 1 is 1.17 bits per heavy atom. The summed E-state index contributed by atoms with van der Waals surface area (Å²) in [6.45, 7) is 4.19. The highest BCUT2D eigenvalue weighted by Crippen LogP contribution is 2.31. The number of benzene rings is 2. The second kappa shape index (κ2) is 7.68. The van der Waals surface area contributed by atoms with Gasteiger partial charge in [0.2, 0.25) is 0 Å². The minimum Gasteiger partial charge on any atom is -0.293 e. The first-order chi connectivity index (χ1) is 11.6. The van der Waals surface area contributed by atoms with Gasteiger partial charge in [0, 0.05) is 10.6 Å². The van der Waals surface area contributed by atoms with E-state index in [1.807, 2.05) is 24.3 Å². The zero-order chi connectivity index (χ0) is 17.1. The quantitative estimate of drug-likeness (QED) is 0.388. The van der Waals surface area contributed by atoms with Crippen LogP contribution >= 0.6 is 34.7 Å². The summed E-state index contributed by atoms with van der Waals surface area (Å²) < 4.78 is 2.00. The van der Waals surface area contributed by atoms with E-state index in [0.717, 1.165) is 38.5 Å². The van der Waals surface area contributed by atoms with E-state index in [1.165, 1.54) is 17.3 Å². The highest BCUT2D eigenvalue weighted by molar-refractivity contribution is 8.01. The third kappa shape index (κ3) is 3.82. The maximum atomic E-state index is 12.7. The van der Waals surface area contributed by atoms with E-state index in [2.05, 4.69) is 31.0 Å². The minimum absolute atomic E-state index is 0.171. The molecule has 0 radical (unpaired) electrons. The van der Waals surface area contributed by atoms with Gasteiger partial charge in [-0.1, -0.05) is 49.3 Å². The lowest BCUT2D eigenvalue weighted by Gasteiger charge is -2.08. The number of halogens is 1. The zero-order valence-electron chi connectivity index (χ0n) is 13.6. The SMILES string of the molecule is CCc1ccc(CC)c(C(=O)CSc2nc3cc(Cl)ccc3s2)c1. The van der Waals surface area contributed by atoms with Crippen LogP contribution < -0.4 is 0 Å². The van der Waals surface area contributed by atoms with Crippen LogP contribution in [0.2, 0.25) is 5.02 Å². The van der Waals surface area contributed by atoms with Crippen molar-refractivity contribution >= 4 is 50.7 Å². The van der Waals surface area contributed by atoms with E-state index in [-0.39, 0.29) is 5.78 Å². The first-order valence-corrected chi connectivity index (χ1v) is 10.1. The average molecular weight is 376 g/mol. The molecule has 0 unspecified atom stereocenters. The smallest absolute Gasteiger partial charge is 0.173 e. The van der Waals surface area contributed by atoms with Gasteiger partial charge in [-0.25, -0.2) is 4.98 Å². The summed E-state index contributed by atoms with van der Waals surface area (Å²) in [6.07, 6.45) is 1.81. The van der Waals surface area contributed by atoms with Gasteiger partial charge in [0.25, 0.3) is 0 Å². The first-order valence-electron chi connectivity index (χ1n) is 7.94. The molecule has 0 aliphatic rings. The molecule has 3 rings (SSSR count). The number of hydrogen-bond donors (Lipinski definition) is 0. The van der Waals surface area contributed by atoms with Gasteiger partial charge in [-0.2, -0.15) is 0 Å².